The molecule has 0 aliphatic heterocycles. The minimum absolute atomic E-state index is 0.171. The summed E-state index contributed by atoms with van der Waals surface area (Å²) in [7, 11) is 0.150. The van der Waals surface area contributed by atoms with Gasteiger partial charge in [0, 0.05) is 30.4 Å². The number of nitrogens with one attached hydrogen (secondary N) is 1. The normalized spacial score (nSPS) is 13.4. The Kier molecular flexibility index (Phi) is 6.03. The summed E-state index contributed by atoms with van der Waals surface area (Å²) < 4.78 is 29.5. The number of hydrogen-bond donors (Lipinski definition) is 1. The second kappa shape index (κ2) is 7.65. The van der Waals surface area contributed by atoms with Gasteiger partial charge >= 0.3 is 0 Å². The SMILES string of the molecule is CCn1cc(S(=O)(=O)NC[C@H](c2ccccc2Cl)N(C)C)c(C)n1. The minimum atomic E-state index is -3.63. The first-order valence-electron chi connectivity index (χ1n) is 7.70. The molecule has 24 heavy (non-hydrogen) atoms. The van der Waals surface area contributed by atoms with Gasteiger partial charge in [0.25, 0.3) is 0 Å². The molecule has 2 aromatic rings. The van der Waals surface area contributed by atoms with Crippen molar-refractivity contribution in [3.63, 3.8) is 0 Å². The maximum absolute atomic E-state index is 12.6. The van der Waals surface area contributed by atoms with Crippen molar-refractivity contribution in [3.05, 3.63) is 46.7 Å². The van der Waals surface area contributed by atoms with Crippen LogP contribution in [0.5, 0.6) is 0 Å². The summed E-state index contributed by atoms with van der Waals surface area (Å²) in [5, 5.41) is 4.81. The molecule has 132 valence electrons. The van der Waals surface area contributed by atoms with E-state index in [-0.39, 0.29) is 17.5 Å². The van der Waals surface area contributed by atoms with Crippen LogP contribution in [0.4, 0.5) is 0 Å². The molecule has 2 rings (SSSR count). The van der Waals surface area contributed by atoms with Crippen LogP contribution in [-0.2, 0) is 16.6 Å². The summed E-state index contributed by atoms with van der Waals surface area (Å²) in [5.74, 6) is 0. The Morgan fingerprint density at radius 1 is 1.33 bits per heavy atom. The summed E-state index contributed by atoms with van der Waals surface area (Å²) in [5.41, 5.74) is 1.37. The minimum Gasteiger partial charge on any atom is -0.301 e. The van der Waals surface area contributed by atoms with Crippen LogP contribution in [0.25, 0.3) is 0 Å². The van der Waals surface area contributed by atoms with Crippen molar-refractivity contribution in [1.82, 2.24) is 19.4 Å². The highest BCUT2D eigenvalue weighted by atomic mass is 35.5. The second-order valence-electron chi connectivity index (χ2n) is 5.79. The van der Waals surface area contributed by atoms with Crippen molar-refractivity contribution in [2.75, 3.05) is 20.6 Å². The molecule has 0 bridgehead atoms. The highest BCUT2D eigenvalue weighted by molar-refractivity contribution is 7.89. The fourth-order valence-electron chi connectivity index (χ4n) is 2.51. The van der Waals surface area contributed by atoms with E-state index in [0.717, 1.165) is 5.56 Å². The van der Waals surface area contributed by atoms with E-state index in [2.05, 4.69) is 9.82 Å². The molecule has 0 aliphatic rings. The molecule has 1 atom stereocenters. The van der Waals surface area contributed by atoms with E-state index in [1.807, 2.05) is 44.1 Å². The lowest BCUT2D eigenvalue weighted by molar-refractivity contribution is 0.299. The lowest BCUT2D eigenvalue weighted by Crippen LogP contribution is -2.34. The van der Waals surface area contributed by atoms with Gasteiger partial charge in [-0.2, -0.15) is 5.10 Å². The molecule has 1 aromatic heterocycles. The van der Waals surface area contributed by atoms with Crippen molar-refractivity contribution in [2.45, 2.75) is 31.3 Å². The zero-order chi connectivity index (χ0) is 17.9. The van der Waals surface area contributed by atoms with Gasteiger partial charge in [0.1, 0.15) is 4.90 Å². The number of likely N-dealkylation sites (N-methyl/N-ethyl adjacent to an activating group) is 1. The summed E-state index contributed by atoms with van der Waals surface area (Å²) in [6, 6.07) is 7.28. The number of benzene rings is 1. The Bertz CT molecular complexity index is 802. The van der Waals surface area contributed by atoms with Gasteiger partial charge in [0.15, 0.2) is 0 Å². The Hall–Kier alpha value is -1.41. The predicted octanol–water partition coefficient (Wildman–Crippen LogP) is 2.45. The highest BCUT2D eigenvalue weighted by Crippen LogP contribution is 2.26. The van der Waals surface area contributed by atoms with Crippen molar-refractivity contribution >= 4 is 21.6 Å². The largest absolute Gasteiger partial charge is 0.301 e. The molecular weight excluding hydrogens is 348 g/mol. The molecule has 1 N–H and O–H groups in total. The maximum Gasteiger partial charge on any atom is 0.244 e. The number of aromatic nitrogens is 2. The van der Waals surface area contributed by atoms with Crippen molar-refractivity contribution in [2.24, 2.45) is 0 Å². The van der Waals surface area contributed by atoms with E-state index in [9.17, 15) is 8.42 Å². The smallest absolute Gasteiger partial charge is 0.244 e. The molecule has 1 heterocycles. The van der Waals surface area contributed by atoms with E-state index in [4.69, 9.17) is 11.6 Å². The molecular formula is C16H23ClN4O2S. The monoisotopic (exact) mass is 370 g/mol. The average Bonchev–Trinajstić information content (AvgIpc) is 2.91. The molecule has 0 fully saturated rings. The number of halogens is 1. The quantitative estimate of drug-likeness (QED) is 0.812. The molecule has 0 saturated heterocycles. The van der Waals surface area contributed by atoms with Crippen LogP contribution in [0.1, 0.15) is 24.2 Å². The van der Waals surface area contributed by atoms with Crippen LogP contribution < -0.4 is 4.72 Å². The standard InChI is InChI=1S/C16H23ClN4O2S/c1-5-21-11-16(12(2)19-21)24(22,23)18-10-15(20(3)4)13-8-6-7-9-14(13)17/h6-9,11,15,18H,5,10H2,1-4H3/t15-/m1/s1. The predicted molar refractivity (Wildman–Crippen MR) is 95.7 cm³/mol. The van der Waals surface area contributed by atoms with Crippen molar-refractivity contribution < 1.29 is 8.42 Å². The summed E-state index contributed by atoms with van der Waals surface area (Å²) in [6.07, 6.45) is 1.55. The van der Waals surface area contributed by atoms with Gasteiger partial charge in [0.05, 0.1) is 5.69 Å². The maximum atomic E-state index is 12.6. The van der Waals surface area contributed by atoms with Gasteiger partial charge in [-0.1, -0.05) is 29.8 Å². The molecule has 0 amide bonds. The summed E-state index contributed by atoms with van der Waals surface area (Å²) in [6.45, 7) is 4.44. The number of rotatable bonds is 7. The lowest BCUT2D eigenvalue weighted by Gasteiger charge is -2.25. The van der Waals surface area contributed by atoms with Gasteiger partial charge in [-0.15, -0.1) is 0 Å². The third-order valence-electron chi connectivity index (χ3n) is 3.87. The first-order chi connectivity index (χ1) is 11.3. The van der Waals surface area contributed by atoms with E-state index in [1.54, 1.807) is 23.9 Å². The van der Waals surface area contributed by atoms with Crippen LogP contribution in [-0.4, -0.2) is 43.7 Å². The number of sulfonamides is 1. The van der Waals surface area contributed by atoms with Crippen LogP contribution in [0, 0.1) is 6.92 Å². The molecule has 0 aliphatic carbocycles. The fourth-order valence-corrected chi connectivity index (χ4v) is 3.99. The fraction of sp³-hybridized carbons (Fsp3) is 0.438. The molecule has 1 aromatic carbocycles. The van der Waals surface area contributed by atoms with Gasteiger partial charge in [0.2, 0.25) is 10.0 Å². The molecule has 0 unspecified atom stereocenters. The lowest BCUT2D eigenvalue weighted by atomic mass is 10.1. The first kappa shape index (κ1) is 18.9. The van der Waals surface area contributed by atoms with E-state index >= 15 is 0 Å². The van der Waals surface area contributed by atoms with E-state index in [0.29, 0.717) is 17.3 Å². The third kappa shape index (κ3) is 4.16. The highest BCUT2D eigenvalue weighted by Gasteiger charge is 2.24. The Labute approximate surface area is 148 Å². The molecule has 0 radical (unpaired) electrons. The molecule has 8 heteroatoms. The van der Waals surface area contributed by atoms with E-state index < -0.39 is 10.0 Å². The van der Waals surface area contributed by atoms with Gasteiger partial charge in [-0.05, 0) is 39.6 Å². The number of aryl methyl sites for hydroxylation is 2. The molecule has 0 spiro atoms. The average molecular weight is 371 g/mol. The van der Waals surface area contributed by atoms with Crippen LogP contribution in [0.2, 0.25) is 5.02 Å². The topological polar surface area (TPSA) is 67.2 Å². The van der Waals surface area contributed by atoms with Crippen molar-refractivity contribution in [3.8, 4) is 0 Å². The molecule has 0 saturated carbocycles. The summed E-state index contributed by atoms with van der Waals surface area (Å²) >= 11 is 6.26. The molecule has 6 nitrogen and oxygen atoms in total. The Balaban J connectivity index is 2.22. The number of nitrogens with zero attached hydrogens (tertiary/aromatic N) is 3. The number of hydrogen-bond acceptors (Lipinski definition) is 4. The Morgan fingerprint density at radius 2 is 2.00 bits per heavy atom. The van der Waals surface area contributed by atoms with E-state index in [1.165, 1.54) is 0 Å². The second-order valence-corrected chi connectivity index (χ2v) is 7.93. The zero-order valence-electron chi connectivity index (χ0n) is 14.3. The van der Waals surface area contributed by atoms with Crippen molar-refractivity contribution in [1.29, 1.82) is 0 Å². The van der Waals surface area contributed by atoms with Gasteiger partial charge < -0.3 is 4.90 Å². The first-order valence-corrected chi connectivity index (χ1v) is 9.57. The van der Waals surface area contributed by atoms with Gasteiger partial charge in [-0.25, -0.2) is 13.1 Å². The van der Waals surface area contributed by atoms with Gasteiger partial charge in [-0.3, -0.25) is 4.68 Å². The Morgan fingerprint density at radius 3 is 2.54 bits per heavy atom. The third-order valence-corrected chi connectivity index (χ3v) is 5.74. The van der Waals surface area contributed by atoms with Crippen LogP contribution in [0.3, 0.4) is 0 Å². The van der Waals surface area contributed by atoms with Crippen LogP contribution in [0.15, 0.2) is 35.4 Å². The zero-order valence-corrected chi connectivity index (χ0v) is 15.9. The van der Waals surface area contributed by atoms with Crippen LogP contribution >= 0.6 is 11.6 Å². The summed E-state index contributed by atoms with van der Waals surface area (Å²) in [4.78, 5) is 2.15.